The zero-order valence-corrected chi connectivity index (χ0v) is 23.7. The van der Waals surface area contributed by atoms with E-state index in [-0.39, 0.29) is 10.8 Å². The van der Waals surface area contributed by atoms with Gasteiger partial charge in [-0.25, -0.2) is 0 Å². The van der Waals surface area contributed by atoms with E-state index in [1.165, 1.54) is 65.0 Å². The molecule has 6 rings (SSSR count). The van der Waals surface area contributed by atoms with Crippen molar-refractivity contribution >= 4 is 85.7 Å². The van der Waals surface area contributed by atoms with Crippen LogP contribution in [0.2, 0.25) is 0 Å². The lowest BCUT2D eigenvalue weighted by Crippen LogP contribution is -2.11. The van der Waals surface area contributed by atoms with Crippen molar-refractivity contribution in [3.05, 3.63) is 80.7 Å². The maximum absolute atomic E-state index is 3.71. The summed E-state index contributed by atoms with van der Waals surface area (Å²) in [5.41, 5.74) is 2.93. The van der Waals surface area contributed by atoms with E-state index in [9.17, 15) is 0 Å². The van der Waals surface area contributed by atoms with Crippen molar-refractivity contribution in [2.24, 2.45) is 0 Å². The highest BCUT2D eigenvalue weighted by Gasteiger charge is 2.22. The standard InChI is InChI=1S/C32H28Br2/c1-31(2,3)21-9-17-7-8-18-10-22(32(4,5)6)16-26-24-12-20-14-28(34)27(33)13-19(20)11-23(24)25(15-21)29(17)30(18)26/h7-16H,1-6H3. The number of halogens is 2. The lowest BCUT2D eigenvalue weighted by atomic mass is 9.79. The van der Waals surface area contributed by atoms with Crippen LogP contribution < -0.4 is 0 Å². The minimum Gasteiger partial charge on any atom is -0.0561 e. The molecule has 0 aliphatic rings. The largest absolute Gasteiger partial charge is 0.0561 e. The molecule has 0 aliphatic carbocycles. The Balaban J connectivity index is 1.93. The van der Waals surface area contributed by atoms with Gasteiger partial charge in [-0.15, -0.1) is 0 Å². The molecule has 0 aromatic heterocycles. The molecule has 0 unspecified atom stereocenters. The van der Waals surface area contributed by atoms with E-state index in [2.05, 4.69) is 134 Å². The Hall–Kier alpha value is -2.16. The quantitative estimate of drug-likeness (QED) is 0.126. The van der Waals surface area contributed by atoms with Gasteiger partial charge in [0.25, 0.3) is 0 Å². The van der Waals surface area contributed by atoms with Crippen molar-refractivity contribution in [3.8, 4) is 0 Å². The average Bonchev–Trinajstić information content (AvgIpc) is 2.76. The molecule has 2 heteroatoms. The third-order valence-corrected chi connectivity index (χ3v) is 9.20. The number of rotatable bonds is 0. The second kappa shape index (κ2) is 7.18. The second-order valence-electron chi connectivity index (χ2n) is 11.8. The van der Waals surface area contributed by atoms with Gasteiger partial charge in [-0.2, -0.15) is 0 Å². The molecule has 0 fully saturated rings. The summed E-state index contributed by atoms with van der Waals surface area (Å²) in [7, 11) is 0. The van der Waals surface area contributed by atoms with E-state index in [0.717, 1.165) is 8.95 Å². The van der Waals surface area contributed by atoms with Crippen LogP contribution in [0.25, 0.3) is 53.9 Å². The maximum atomic E-state index is 3.71. The fraction of sp³-hybridized carbons (Fsp3) is 0.250. The van der Waals surface area contributed by atoms with Crippen LogP contribution in [0.15, 0.2) is 69.6 Å². The van der Waals surface area contributed by atoms with Gasteiger partial charge in [0, 0.05) is 8.95 Å². The van der Waals surface area contributed by atoms with Crippen LogP contribution in [0.1, 0.15) is 52.7 Å². The molecular weight excluding hydrogens is 544 g/mol. The van der Waals surface area contributed by atoms with Crippen molar-refractivity contribution < 1.29 is 0 Å². The van der Waals surface area contributed by atoms with Gasteiger partial charge in [0.2, 0.25) is 0 Å². The number of fused-ring (bicyclic) bond motifs is 4. The van der Waals surface area contributed by atoms with Crippen LogP contribution in [0.3, 0.4) is 0 Å². The first-order valence-electron chi connectivity index (χ1n) is 11.9. The smallest absolute Gasteiger partial charge is 0.0323 e. The lowest BCUT2D eigenvalue weighted by molar-refractivity contribution is 0.591. The highest BCUT2D eigenvalue weighted by Crippen LogP contribution is 2.45. The number of hydrogen-bond donors (Lipinski definition) is 0. The van der Waals surface area contributed by atoms with Gasteiger partial charge in [0.05, 0.1) is 0 Å². The molecular formula is C32H28Br2. The first kappa shape index (κ1) is 22.3. The lowest BCUT2D eigenvalue weighted by Gasteiger charge is -2.25. The van der Waals surface area contributed by atoms with Gasteiger partial charge < -0.3 is 0 Å². The number of hydrogen-bond acceptors (Lipinski definition) is 0. The van der Waals surface area contributed by atoms with Gasteiger partial charge in [-0.05, 0) is 144 Å². The third-order valence-electron chi connectivity index (χ3n) is 7.36. The monoisotopic (exact) mass is 570 g/mol. The van der Waals surface area contributed by atoms with Crippen molar-refractivity contribution in [3.63, 3.8) is 0 Å². The van der Waals surface area contributed by atoms with Gasteiger partial charge in [0.1, 0.15) is 0 Å². The van der Waals surface area contributed by atoms with Crippen LogP contribution in [0, 0.1) is 0 Å². The Labute approximate surface area is 217 Å². The van der Waals surface area contributed by atoms with E-state index in [0.29, 0.717) is 0 Å². The van der Waals surface area contributed by atoms with Gasteiger partial charge >= 0.3 is 0 Å². The molecule has 0 radical (unpaired) electrons. The highest BCUT2D eigenvalue weighted by atomic mass is 79.9. The van der Waals surface area contributed by atoms with Crippen molar-refractivity contribution in [1.82, 2.24) is 0 Å². The first-order chi connectivity index (χ1) is 15.9. The molecule has 0 saturated carbocycles. The molecule has 0 heterocycles. The van der Waals surface area contributed by atoms with Crippen LogP contribution in [0.5, 0.6) is 0 Å². The molecule has 34 heavy (non-hydrogen) atoms. The Morgan fingerprint density at radius 2 is 0.824 bits per heavy atom. The fourth-order valence-corrected chi connectivity index (χ4v) is 6.08. The topological polar surface area (TPSA) is 0 Å². The Kier molecular flexibility index (Phi) is 4.71. The molecule has 0 amide bonds. The molecule has 6 aromatic rings. The molecule has 0 saturated heterocycles. The fourth-order valence-electron chi connectivity index (χ4n) is 5.36. The summed E-state index contributed by atoms with van der Waals surface area (Å²) < 4.78 is 2.17. The zero-order chi connectivity index (χ0) is 24.2. The molecule has 6 aromatic carbocycles. The number of benzene rings is 6. The predicted molar refractivity (Wildman–Crippen MR) is 158 cm³/mol. The predicted octanol–water partition coefficient (Wildman–Crippen LogP) is 11.0. The normalized spacial score (nSPS) is 13.3. The van der Waals surface area contributed by atoms with E-state index in [4.69, 9.17) is 0 Å². The summed E-state index contributed by atoms with van der Waals surface area (Å²) in [4.78, 5) is 0. The van der Waals surface area contributed by atoms with Crippen LogP contribution in [-0.2, 0) is 10.8 Å². The molecule has 0 atom stereocenters. The average molecular weight is 572 g/mol. The highest BCUT2D eigenvalue weighted by molar-refractivity contribution is 9.13. The van der Waals surface area contributed by atoms with Gasteiger partial charge in [-0.3, -0.25) is 0 Å². The van der Waals surface area contributed by atoms with E-state index in [1.54, 1.807) is 0 Å². The summed E-state index contributed by atoms with van der Waals surface area (Å²) in [6.45, 7) is 13.8. The van der Waals surface area contributed by atoms with Crippen LogP contribution in [0.4, 0.5) is 0 Å². The van der Waals surface area contributed by atoms with Gasteiger partial charge in [-0.1, -0.05) is 65.8 Å². The SMILES string of the molecule is CC(C)(C)c1cc2ccc3cc(C(C)(C)C)cc4c5cc6cc(Br)c(Br)cc6cc5c(c1)c2c34. The Morgan fingerprint density at radius 1 is 0.441 bits per heavy atom. The molecule has 170 valence electrons. The van der Waals surface area contributed by atoms with Crippen molar-refractivity contribution in [1.29, 1.82) is 0 Å². The van der Waals surface area contributed by atoms with Crippen molar-refractivity contribution in [2.45, 2.75) is 52.4 Å². The first-order valence-corrected chi connectivity index (χ1v) is 13.5. The van der Waals surface area contributed by atoms with E-state index < -0.39 is 0 Å². The van der Waals surface area contributed by atoms with E-state index in [1.807, 2.05) is 0 Å². The van der Waals surface area contributed by atoms with E-state index >= 15 is 0 Å². The maximum Gasteiger partial charge on any atom is 0.0323 e. The molecule has 0 N–H and O–H groups in total. The van der Waals surface area contributed by atoms with Gasteiger partial charge in [0.15, 0.2) is 0 Å². The third kappa shape index (κ3) is 3.29. The summed E-state index contributed by atoms with van der Waals surface area (Å²) in [6.07, 6.45) is 0. The minimum absolute atomic E-state index is 0.0842. The molecule has 0 aliphatic heterocycles. The molecule has 0 spiro atoms. The summed E-state index contributed by atoms with van der Waals surface area (Å²) in [5.74, 6) is 0. The van der Waals surface area contributed by atoms with Crippen LogP contribution in [-0.4, -0.2) is 0 Å². The minimum atomic E-state index is 0.0842. The summed E-state index contributed by atoms with van der Waals surface area (Å²) >= 11 is 7.43. The second-order valence-corrected chi connectivity index (χ2v) is 13.5. The summed E-state index contributed by atoms with van der Waals surface area (Å²) in [5, 5.41) is 13.4. The van der Waals surface area contributed by atoms with Crippen molar-refractivity contribution in [2.75, 3.05) is 0 Å². The Morgan fingerprint density at radius 3 is 1.18 bits per heavy atom. The summed E-state index contributed by atoms with van der Waals surface area (Å²) in [6, 6.07) is 23.6. The van der Waals surface area contributed by atoms with Crippen LogP contribution >= 0.6 is 31.9 Å². The molecule has 0 nitrogen and oxygen atoms in total. The zero-order valence-electron chi connectivity index (χ0n) is 20.5. The Bertz CT molecular complexity index is 1640. The molecule has 0 bridgehead atoms.